The lowest BCUT2D eigenvalue weighted by atomic mass is 10.1. The number of anilines is 2. The van der Waals surface area contributed by atoms with Crippen molar-refractivity contribution in [1.29, 1.82) is 0 Å². The zero-order chi connectivity index (χ0) is 13.9. The molecule has 0 saturated heterocycles. The summed E-state index contributed by atoms with van der Waals surface area (Å²) in [5.41, 5.74) is 8.65. The number of fused-ring (bicyclic) bond motifs is 1. The Morgan fingerprint density at radius 2 is 2.15 bits per heavy atom. The highest BCUT2D eigenvalue weighted by atomic mass is 32.1. The fourth-order valence-corrected chi connectivity index (χ4v) is 3.20. The van der Waals surface area contributed by atoms with E-state index >= 15 is 0 Å². The van der Waals surface area contributed by atoms with E-state index in [2.05, 4.69) is 40.8 Å². The second kappa shape index (κ2) is 5.51. The minimum atomic E-state index is 0.362. The van der Waals surface area contributed by atoms with Gasteiger partial charge >= 0.3 is 0 Å². The summed E-state index contributed by atoms with van der Waals surface area (Å²) in [7, 11) is 0. The van der Waals surface area contributed by atoms with Crippen LogP contribution in [-0.2, 0) is 6.42 Å². The number of nitrogens with two attached hydrogens (primary N) is 1. The fraction of sp³-hybridized carbons (Fsp3) is 0.188. The van der Waals surface area contributed by atoms with Crippen LogP contribution in [0.4, 0.5) is 11.4 Å². The van der Waals surface area contributed by atoms with Gasteiger partial charge in [0, 0.05) is 34.6 Å². The van der Waals surface area contributed by atoms with Crippen LogP contribution in [0, 0.1) is 0 Å². The quantitative estimate of drug-likeness (QED) is 0.713. The molecular formula is C16H17N3S. The molecule has 20 heavy (non-hydrogen) atoms. The van der Waals surface area contributed by atoms with E-state index in [0.717, 1.165) is 28.7 Å². The van der Waals surface area contributed by atoms with Gasteiger partial charge in [0.1, 0.15) is 0 Å². The third-order valence-corrected chi connectivity index (χ3v) is 4.19. The number of hydrogen-bond acceptors (Lipinski definition) is 4. The first-order chi connectivity index (χ1) is 9.74. The molecule has 0 radical (unpaired) electrons. The molecule has 4 heteroatoms. The zero-order valence-electron chi connectivity index (χ0n) is 11.3. The molecule has 0 spiro atoms. The number of thiophene rings is 1. The largest absolute Gasteiger partial charge is 0.397 e. The summed E-state index contributed by atoms with van der Waals surface area (Å²) in [6, 6.07) is 12.6. The molecule has 3 N–H and O–H groups in total. The minimum Gasteiger partial charge on any atom is -0.397 e. The van der Waals surface area contributed by atoms with Crippen molar-refractivity contribution in [3.8, 4) is 0 Å². The third kappa shape index (κ3) is 2.60. The van der Waals surface area contributed by atoms with E-state index in [-0.39, 0.29) is 0 Å². The summed E-state index contributed by atoms with van der Waals surface area (Å²) >= 11 is 1.80. The van der Waals surface area contributed by atoms with E-state index in [1.54, 1.807) is 17.5 Å². The number of nitrogens with zero attached hydrogens (tertiary/aromatic N) is 1. The average Bonchev–Trinajstić information content (AvgIpc) is 2.95. The lowest BCUT2D eigenvalue weighted by molar-refractivity contribution is 0.802. The molecule has 2 heterocycles. The van der Waals surface area contributed by atoms with Gasteiger partial charge in [-0.25, -0.2) is 0 Å². The maximum atomic E-state index is 5.98. The molecule has 0 aliphatic heterocycles. The van der Waals surface area contributed by atoms with Crippen molar-refractivity contribution >= 4 is 33.6 Å². The first kappa shape index (κ1) is 12.9. The van der Waals surface area contributed by atoms with Crippen LogP contribution >= 0.6 is 11.3 Å². The number of rotatable bonds is 4. The van der Waals surface area contributed by atoms with Crippen molar-refractivity contribution in [2.24, 2.45) is 0 Å². The molecule has 102 valence electrons. The van der Waals surface area contributed by atoms with Crippen LogP contribution in [0.15, 0.2) is 48.0 Å². The van der Waals surface area contributed by atoms with E-state index in [9.17, 15) is 0 Å². The second-order valence-electron chi connectivity index (χ2n) is 4.93. The molecule has 0 aliphatic carbocycles. The standard InChI is InChI=1S/C16H17N3S/c1-11(10-12-4-3-9-20-12)19-15-7-6-14(17)16-13(15)5-2-8-18-16/h2-9,11,19H,10,17H2,1H3. The summed E-state index contributed by atoms with van der Waals surface area (Å²) in [6.07, 6.45) is 2.79. The highest BCUT2D eigenvalue weighted by Gasteiger charge is 2.08. The second-order valence-corrected chi connectivity index (χ2v) is 5.96. The van der Waals surface area contributed by atoms with Gasteiger partial charge in [-0.3, -0.25) is 4.98 Å². The maximum Gasteiger partial charge on any atom is 0.0951 e. The van der Waals surface area contributed by atoms with Gasteiger partial charge in [-0.05, 0) is 42.6 Å². The predicted molar refractivity (Wildman–Crippen MR) is 87.3 cm³/mol. The Morgan fingerprint density at radius 1 is 1.25 bits per heavy atom. The van der Waals surface area contributed by atoms with Crippen LogP contribution in [0.5, 0.6) is 0 Å². The molecule has 3 rings (SSSR count). The molecule has 1 atom stereocenters. The van der Waals surface area contributed by atoms with Crippen molar-refractivity contribution in [3.63, 3.8) is 0 Å². The molecule has 3 nitrogen and oxygen atoms in total. The fourth-order valence-electron chi connectivity index (χ4n) is 2.37. The van der Waals surface area contributed by atoms with Crippen LogP contribution in [-0.4, -0.2) is 11.0 Å². The Kier molecular flexibility index (Phi) is 3.56. The lowest BCUT2D eigenvalue weighted by Crippen LogP contribution is -2.17. The Balaban J connectivity index is 1.85. The molecule has 0 amide bonds. The topological polar surface area (TPSA) is 50.9 Å². The molecule has 3 aromatic rings. The Morgan fingerprint density at radius 3 is 2.95 bits per heavy atom. The van der Waals surface area contributed by atoms with E-state index < -0.39 is 0 Å². The van der Waals surface area contributed by atoms with Crippen molar-refractivity contribution in [1.82, 2.24) is 4.98 Å². The van der Waals surface area contributed by atoms with Gasteiger partial charge in [-0.15, -0.1) is 11.3 Å². The Bertz CT molecular complexity index is 707. The molecule has 0 bridgehead atoms. The van der Waals surface area contributed by atoms with Crippen LogP contribution in [0.25, 0.3) is 10.9 Å². The molecule has 1 aromatic carbocycles. The van der Waals surface area contributed by atoms with Gasteiger partial charge in [0.05, 0.1) is 11.2 Å². The predicted octanol–water partition coefficient (Wildman–Crippen LogP) is 3.92. The molecule has 0 saturated carbocycles. The average molecular weight is 283 g/mol. The van der Waals surface area contributed by atoms with Gasteiger partial charge in [-0.2, -0.15) is 0 Å². The first-order valence-corrected chi connectivity index (χ1v) is 7.54. The van der Waals surface area contributed by atoms with Gasteiger partial charge in [0.25, 0.3) is 0 Å². The normalized spacial score (nSPS) is 12.4. The highest BCUT2D eigenvalue weighted by Crippen LogP contribution is 2.27. The SMILES string of the molecule is CC(Cc1cccs1)Nc1ccc(N)c2ncccc12. The molecule has 0 fully saturated rings. The Labute approximate surface area is 122 Å². The molecule has 1 unspecified atom stereocenters. The summed E-state index contributed by atoms with van der Waals surface area (Å²) in [5.74, 6) is 0. The van der Waals surface area contributed by atoms with Gasteiger partial charge in [0.15, 0.2) is 0 Å². The molecule has 2 aromatic heterocycles. The van der Waals surface area contributed by atoms with Crippen LogP contribution in [0.1, 0.15) is 11.8 Å². The zero-order valence-corrected chi connectivity index (χ0v) is 12.2. The van der Waals surface area contributed by atoms with Gasteiger partial charge < -0.3 is 11.1 Å². The summed E-state index contributed by atoms with van der Waals surface area (Å²) in [6.45, 7) is 2.19. The summed E-state index contributed by atoms with van der Waals surface area (Å²) in [5, 5.41) is 6.75. The summed E-state index contributed by atoms with van der Waals surface area (Å²) in [4.78, 5) is 5.75. The van der Waals surface area contributed by atoms with E-state index in [1.807, 2.05) is 18.2 Å². The van der Waals surface area contributed by atoms with Crippen molar-refractivity contribution in [2.45, 2.75) is 19.4 Å². The minimum absolute atomic E-state index is 0.362. The molecule has 0 aliphatic rings. The summed E-state index contributed by atoms with van der Waals surface area (Å²) < 4.78 is 0. The monoisotopic (exact) mass is 283 g/mol. The van der Waals surface area contributed by atoms with Crippen molar-refractivity contribution in [3.05, 3.63) is 52.9 Å². The first-order valence-electron chi connectivity index (χ1n) is 6.66. The lowest BCUT2D eigenvalue weighted by Gasteiger charge is -2.16. The number of benzene rings is 1. The van der Waals surface area contributed by atoms with E-state index in [0.29, 0.717) is 6.04 Å². The highest BCUT2D eigenvalue weighted by molar-refractivity contribution is 7.09. The van der Waals surface area contributed by atoms with Crippen molar-refractivity contribution < 1.29 is 0 Å². The van der Waals surface area contributed by atoms with E-state index in [4.69, 9.17) is 5.73 Å². The van der Waals surface area contributed by atoms with E-state index in [1.165, 1.54) is 4.88 Å². The number of nitrogen functional groups attached to an aromatic ring is 1. The van der Waals surface area contributed by atoms with Crippen LogP contribution in [0.2, 0.25) is 0 Å². The maximum absolute atomic E-state index is 5.98. The van der Waals surface area contributed by atoms with Crippen LogP contribution in [0.3, 0.4) is 0 Å². The number of hydrogen-bond donors (Lipinski definition) is 2. The van der Waals surface area contributed by atoms with Gasteiger partial charge in [0.2, 0.25) is 0 Å². The third-order valence-electron chi connectivity index (χ3n) is 3.29. The van der Waals surface area contributed by atoms with Gasteiger partial charge in [-0.1, -0.05) is 6.07 Å². The molecular weight excluding hydrogens is 266 g/mol. The number of aromatic nitrogens is 1. The number of pyridine rings is 1. The van der Waals surface area contributed by atoms with Crippen molar-refractivity contribution in [2.75, 3.05) is 11.1 Å². The smallest absolute Gasteiger partial charge is 0.0951 e. The number of nitrogens with one attached hydrogen (secondary N) is 1. The Hall–Kier alpha value is -2.07. The van der Waals surface area contributed by atoms with Crippen LogP contribution < -0.4 is 11.1 Å².